The molecule has 0 bridgehead atoms. The zero-order valence-electron chi connectivity index (χ0n) is 13.1. The Morgan fingerprint density at radius 2 is 2.05 bits per heavy atom. The predicted octanol–water partition coefficient (Wildman–Crippen LogP) is 3.35. The second-order valence-corrected chi connectivity index (χ2v) is 13.1. The Kier molecular flexibility index (Phi) is 5.61. The lowest BCUT2D eigenvalue weighted by molar-refractivity contribution is 0.0849. The van der Waals surface area contributed by atoms with Gasteiger partial charge in [-0.1, -0.05) is 19.6 Å². The minimum atomic E-state index is -1.03. The van der Waals surface area contributed by atoms with E-state index in [1.165, 1.54) is 6.04 Å². The van der Waals surface area contributed by atoms with E-state index in [9.17, 15) is 0 Å². The van der Waals surface area contributed by atoms with E-state index in [4.69, 9.17) is 4.74 Å². The van der Waals surface area contributed by atoms with E-state index in [2.05, 4.69) is 61.3 Å². The minimum absolute atomic E-state index is 0.573. The quantitative estimate of drug-likeness (QED) is 0.394. The van der Waals surface area contributed by atoms with Gasteiger partial charge in [0.1, 0.15) is 22.1 Å². The van der Waals surface area contributed by atoms with Crippen LogP contribution in [0.25, 0.3) is 0 Å². The highest BCUT2D eigenvalue weighted by molar-refractivity contribution is 14.1. The first-order chi connectivity index (χ1) is 9.85. The molecule has 0 spiro atoms. The molecular weight excluding hydrogens is 395 g/mol. The third-order valence-corrected chi connectivity index (χ3v) is 5.52. The van der Waals surface area contributed by atoms with Crippen molar-refractivity contribution in [3.63, 3.8) is 0 Å². The Morgan fingerprint density at radius 3 is 2.67 bits per heavy atom. The van der Waals surface area contributed by atoms with Crippen LogP contribution in [0.5, 0.6) is 0 Å². The SMILES string of the molecule is Cc1nccn1Cc1nc(I)cn1COCC[Si](C)(C)C. The Bertz CT molecular complexity index is 588. The molecule has 0 saturated heterocycles. The van der Waals surface area contributed by atoms with Crippen molar-refractivity contribution < 1.29 is 4.74 Å². The van der Waals surface area contributed by atoms with Gasteiger partial charge in [0.2, 0.25) is 0 Å². The third kappa shape index (κ3) is 5.22. The van der Waals surface area contributed by atoms with E-state index >= 15 is 0 Å². The van der Waals surface area contributed by atoms with Crippen molar-refractivity contribution in [2.45, 2.75) is 45.9 Å². The summed E-state index contributed by atoms with van der Waals surface area (Å²) in [5.41, 5.74) is 0. The van der Waals surface area contributed by atoms with E-state index < -0.39 is 8.07 Å². The monoisotopic (exact) mass is 418 g/mol. The summed E-state index contributed by atoms with van der Waals surface area (Å²) in [5, 5.41) is 0. The third-order valence-electron chi connectivity index (χ3n) is 3.29. The van der Waals surface area contributed by atoms with Crippen LogP contribution in [0.15, 0.2) is 18.6 Å². The first kappa shape index (κ1) is 16.7. The maximum atomic E-state index is 5.83. The number of rotatable bonds is 7. The summed E-state index contributed by atoms with van der Waals surface area (Å²) in [6.45, 7) is 11.2. The second-order valence-electron chi connectivity index (χ2n) is 6.40. The van der Waals surface area contributed by atoms with Crippen molar-refractivity contribution in [2.24, 2.45) is 0 Å². The molecule has 0 saturated carbocycles. The number of nitrogens with zero attached hydrogens (tertiary/aromatic N) is 4. The molecule has 5 nitrogen and oxygen atoms in total. The van der Waals surface area contributed by atoms with E-state index in [-0.39, 0.29) is 0 Å². The first-order valence-electron chi connectivity index (χ1n) is 7.12. The molecule has 0 N–H and O–H groups in total. The molecular formula is C14H23IN4OSi. The van der Waals surface area contributed by atoms with Crippen molar-refractivity contribution in [2.75, 3.05) is 6.61 Å². The van der Waals surface area contributed by atoms with Crippen molar-refractivity contribution >= 4 is 30.7 Å². The number of hydrogen-bond acceptors (Lipinski definition) is 3. The lowest BCUT2D eigenvalue weighted by atomic mass is 10.5. The summed E-state index contributed by atoms with van der Waals surface area (Å²) in [5.74, 6) is 2.01. The lowest BCUT2D eigenvalue weighted by Gasteiger charge is -2.16. The standard InChI is InChI=1S/C14H23IN4OSi/c1-12-16-5-6-18(12)10-14-17-13(15)9-19(14)11-20-7-8-21(2,3)4/h5-6,9H,7-8,10-11H2,1-4H3. The van der Waals surface area contributed by atoms with Crippen molar-refractivity contribution in [1.82, 2.24) is 19.1 Å². The van der Waals surface area contributed by atoms with Gasteiger partial charge < -0.3 is 13.9 Å². The summed E-state index contributed by atoms with van der Waals surface area (Å²) >= 11 is 2.24. The van der Waals surface area contributed by atoms with Crippen molar-refractivity contribution in [3.8, 4) is 0 Å². The molecule has 0 aliphatic rings. The van der Waals surface area contributed by atoms with Crippen LogP contribution in [0.1, 0.15) is 11.6 Å². The van der Waals surface area contributed by atoms with Crippen molar-refractivity contribution in [3.05, 3.63) is 33.9 Å². The summed E-state index contributed by atoms with van der Waals surface area (Å²) in [4.78, 5) is 8.83. The van der Waals surface area contributed by atoms with Crippen LogP contribution in [0, 0.1) is 10.6 Å². The fourth-order valence-electron chi connectivity index (χ4n) is 1.92. The number of imidazole rings is 2. The van der Waals surface area contributed by atoms with E-state index in [0.29, 0.717) is 6.73 Å². The van der Waals surface area contributed by atoms with E-state index in [1.807, 2.05) is 25.5 Å². The molecule has 2 heterocycles. The van der Waals surface area contributed by atoms with Gasteiger partial charge in [-0.25, -0.2) is 9.97 Å². The van der Waals surface area contributed by atoms with Crippen LogP contribution in [-0.2, 0) is 18.0 Å². The van der Waals surface area contributed by atoms with Gasteiger partial charge in [-0.3, -0.25) is 0 Å². The van der Waals surface area contributed by atoms with Gasteiger partial charge in [0.25, 0.3) is 0 Å². The Morgan fingerprint density at radius 1 is 1.29 bits per heavy atom. The van der Waals surface area contributed by atoms with Crippen LogP contribution in [0.3, 0.4) is 0 Å². The summed E-state index contributed by atoms with van der Waals surface area (Å²) in [7, 11) is -1.03. The average Bonchev–Trinajstić information content (AvgIpc) is 2.92. The summed E-state index contributed by atoms with van der Waals surface area (Å²) < 4.78 is 11.0. The summed E-state index contributed by atoms with van der Waals surface area (Å²) in [6.07, 6.45) is 5.84. The minimum Gasteiger partial charge on any atom is -0.361 e. The normalized spacial score (nSPS) is 12.0. The predicted molar refractivity (Wildman–Crippen MR) is 95.1 cm³/mol. The van der Waals surface area contributed by atoms with Gasteiger partial charge in [0.05, 0.1) is 6.54 Å². The number of hydrogen-bond donors (Lipinski definition) is 0. The van der Waals surface area contributed by atoms with Crippen LogP contribution in [0.2, 0.25) is 25.7 Å². The molecule has 0 fully saturated rings. The topological polar surface area (TPSA) is 44.9 Å². The molecule has 0 aromatic carbocycles. The number of aromatic nitrogens is 4. The molecule has 116 valence electrons. The average molecular weight is 418 g/mol. The zero-order chi connectivity index (χ0) is 15.5. The fraction of sp³-hybridized carbons (Fsp3) is 0.571. The first-order valence-corrected chi connectivity index (χ1v) is 11.9. The smallest absolute Gasteiger partial charge is 0.131 e. The van der Waals surface area contributed by atoms with Crippen LogP contribution >= 0.6 is 22.6 Å². The fourth-order valence-corrected chi connectivity index (χ4v) is 3.29. The molecule has 0 amide bonds. The molecule has 0 atom stereocenters. The number of aryl methyl sites for hydroxylation is 1. The van der Waals surface area contributed by atoms with Crippen molar-refractivity contribution in [1.29, 1.82) is 0 Å². The molecule has 2 rings (SSSR count). The number of ether oxygens (including phenoxy) is 1. The lowest BCUT2D eigenvalue weighted by Crippen LogP contribution is -2.22. The van der Waals surface area contributed by atoms with Gasteiger partial charge >= 0.3 is 0 Å². The molecule has 0 aliphatic heterocycles. The highest BCUT2D eigenvalue weighted by Crippen LogP contribution is 2.11. The second kappa shape index (κ2) is 7.06. The maximum absolute atomic E-state index is 5.83. The Hall–Kier alpha value is -0.673. The van der Waals surface area contributed by atoms with Gasteiger partial charge in [-0.2, -0.15) is 0 Å². The van der Waals surface area contributed by atoms with Gasteiger partial charge in [0.15, 0.2) is 0 Å². The van der Waals surface area contributed by atoms with Crippen LogP contribution < -0.4 is 0 Å². The Labute approximate surface area is 140 Å². The van der Waals surface area contributed by atoms with Gasteiger partial charge in [-0.15, -0.1) is 0 Å². The maximum Gasteiger partial charge on any atom is 0.131 e. The molecule has 0 aliphatic carbocycles. The molecule has 0 radical (unpaired) electrons. The van der Waals surface area contributed by atoms with Crippen LogP contribution in [0.4, 0.5) is 0 Å². The van der Waals surface area contributed by atoms with E-state index in [1.54, 1.807) is 0 Å². The van der Waals surface area contributed by atoms with Gasteiger partial charge in [-0.05, 0) is 35.6 Å². The highest BCUT2D eigenvalue weighted by Gasteiger charge is 2.13. The molecule has 7 heteroatoms. The highest BCUT2D eigenvalue weighted by atomic mass is 127. The molecule has 0 unspecified atom stereocenters. The van der Waals surface area contributed by atoms with Crippen LogP contribution in [-0.4, -0.2) is 33.8 Å². The van der Waals surface area contributed by atoms with E-state index in [0.717, 1.165) is 28.5 Å². The summed E-state index contributed by atoms with van der Waals surface area (Å²) in [6, 6.07) is 1.19. The Balaban J connectivity index is 1.95. The molecule has 2 aromatic heterocycles. The zero-order valence-corrected chi connectivity index (χ0v) is 16.3. The largest absolute Gasteiger partial charge is 0.361 e. The number of halogens is 1. The van der Waals surface area contributed by atoms with Gasteiger partial charge in [0, 0.05) is 33.3 Å². The molecule has 21 heavy (non-hydrogen) atoms. The molecule has 2 aromatic rings.